The number of allylic oxidation sites excluding steroid dienone is 24. The lowest BCUT2D eigenvalue weighted by atomic mass is 10.0. The zero-order valence-corrected chi connectivity index (χ0v) is 64.8. The Morgan fingerprint density at radius 1 is 0.287 bits per heavy atom. The third-order valence-corrected chi connectivity index (χ3v) is 17.9. The van der Waals surface area contributed by atoms with Gasteiger partial charge in [0.1, 0.15) is 25.4 Å². The van der Waals surface area contributed by atoms with Crippen molar-refractivity contribution in [2.75, 3.05) is 39.6 Å². The average molecular weight is 1460 g/mol. The molecule has 16 nitrogen and oxygen atoms in total. The Bertz CT molecular complexity index is 2420. The molecule has 0 rings (SSSR count). The standard InChI is InChI=1S/C83H140O16P2/c1-4-7-10-13-16-19-22-25-27-29-31-33-34-35-36-37-38-39-40-41-42-44-46-47-49-52-54-57-60-63-66-69-81(86)93-72-78(84)73-95-100(89,90)96-74-79(85)75-97-101(91,92)98-77-80(99-83(88)71-68-65-62-59-56-51-24-21-18-15-12-9-6-3)76-94-82(87)70-67-64-61-58-55-53-50-48-45-43-32-30-28-26-23-20-17-14-11-8-5-2/h7-8,10-11,16-17,19-21,24-28,31-33,35-36,43,48,50,55,58,78-80,84-85H,4-6,9,12-15,18,22-23,29-30,34,37-42,44-47,49,51-54,56-57,59-77H2,1-3H3,(H,89,90)(H,91,92)/b10-7-,11-8-,19-16-,20-17-,24-21-,27-25-,28-26-,33-31-,36-35-,43-32-,50-48-,58-55-. The molecular weight excluding hydrogens is 1310 g/mol. The van der Waals surface area contributed by atoms with E-state index in [0.717, 1.165) is 141 Å². The molecule has 0 aliphatic carbocycles. The molecule has 0 amide bonds. The average Bonchev–Trinajstić information content (AvgIpc) is 0.935. The van der Waals surface area contributed by atoms with Crippen molar-refractivity contribution in [3.05, 3.63) is 146 Å². The van der Waals surface area contributed by atoms with Crippen LogP contribution >= 0.6 is 15.6 Å². The van der Waals surface area contributed by atoms with Crippen LogP contribution in [0.2, 0.25) is 0 Å². The molecule has 101 heavy (non-hydrogen) atoms. The Morgan fingerprint density at radius 3 is 0.861 bits per heavy atom. The van der Waals surface area contributed by atoms with Gasteiger partial charge < -0.3 is 34.2 Å². The van der Waals surface area contributed by atoms with E-state index >= 15 is 0 Å². The molecule has 0 saturated heterocycles. The van der Waals surface area contributed by atoms with E-state index in [4.69, 9.17) is 32.3 Å². The van der Waals surface area contributed by atoms with Gasteiger partial charge in [0, 0.05) is 19.3 Å². The topological polar surface area (TPSA) is 231 Å². The van der Waals surface area contributed by atoms with E-state index in [1.807, 2.05) is 0 Å². The maximum absolute atomic E-state index is 12.9. The highest BCUT2D eigenvalue weighted by molar-refractivity contribution is 7.47. The van der Waals surface area contributed by atoms with Crippen LogP contribution < -0.4 is 0 Å². The lowest BCUT2D eigenvalue weighted by Gasteiger charge is -2.21. The number of ether oxygens (including phenoxy) is 3. The first kappa shape index (κ1) is 96.4. The lowest BCUT2D eigenvalue weighted by Crippen LogP contribution is -2.30. The van der Waals surface area contributed by atoms with Gasteiger partial charge in [-0.1, -0.05) is 289 Å². The molecule has 18 heteroatoms. The number of hydrogen-bond acceptors (Lipinski definition) is 14. The molecule has 5 unspecified atom stereocenters. The molecule has 0 aromatic heterocycles. The number of phosphoric ester groups is 2. The molecule has 5 atom stereocenters. The summed E-state index contributed by atoms with van der Waals surface area (Å²) in [4.78, 5) is 58.5. The molecule has 0 aliphatic heterocycles. The van der Waals surface area contributed by atoms with Crippen LogP contribution in [0.15, 0.2) is 146 Å². The van der Waals surface area contributed by atoms with Crippen molar-refractivity contribution >= 4 is 33.6 Å². The van der Waals surface area contributed by atoms with E-state index in [2.05, 4.69) is 167 Å². The molecule has 0 fully saturated rings. The minimum absolute atomic E-state index is 0.0814. The van der Waals surface area contributed by atoms with Gasteiger partial charge in [-0.05, 0) is 141 Å². The van der Waals surface area contributed by atoms with Crippen molar-refractivity contribution in [3.8, 4) is 0 Å². The summed E-state index contributed by atoms with van der Waals surface area (Å²) >= 11 is 0. The Kier molecular flexibility index (Phi) is 71.7. The second kappa shape index (κ2) is 75.1. The van der Waals surface area contributed by atoms with Crippen LogP contribution in [0.25, 0.3) is 0 Å². The minimum atomic E-state index is -4.94. The van der Waals surface area contributed by atoms with Crippen LogP contribution in [0.4, 0.5) is 0 Å². The van der Waals surface area contributed by atoms with E-state index < -0.39 is 91.5 Å². The number of aliphatic hydroxyl groups excluding tert-OH is 2. The van der Waals surface area contributed by atoms with Gasteiger partial charge in [-0.2, -0.15) is 0 Å². The summed E-state index contributed by atoms with van der Waals surface area (Å²) in [6.45, 7) is 2.37. The minimum Gasteiger partial charge on any atom is -0.463 e. The summed E-state index contributed by atoms with van der Waals surface area (Å²) in [5.41, 5.74) is 0. The van der Waals surface area contributed by atoms with Gasteiger partial charge in [0.05, 0.1) is 26.4 Å². The number of phosphoric acid groups is 2. The van der Waals surface area contributed by atoms with Gasteiger partial charge in [-0.3, -0.25) is 32.5 Å². The van der Waals surface area contributed by atoms with E-state index in [0.29, 0.717) is 19.3 Å². The van der Waals surface area contributed by atoms with Crippen LogP contribution in [-0.2, 0) is 55.8 Å². The van der Waals surface area contributed by atoms with Gasteiger partial charge in [0.2, 0.25) is 0 Å². The SMILES string of the molecule is CC/C=C\C/C=C\C/C=C\C/C=C\C/C=C\C/C=C\CCCCC(=O)OCC(COP(=O)(O)OCC(O)COP(=O)(O)OCC(O)COC(=O)CCCCCCCCCCCCCCCCC/C=C\C/C=C\C/C=C\C/C=C\C/C=C\CC)OC(=O)CCCCCCC/C=C\CCCCCC. The van der Waals surface area contributed by atoms with Crippen molar-refractivity contribution in [3.63, 3.8) is 0 Å². The van der Waals surface area contributed by atoms with Crippen molar-refractivity contribution < 1.29 is 75.8 Å². The summed E-state index contributed by atoms with van der Waals surface area (Å²) in [5, 5.41) is 20.6. The number of unbranched alkanes of at least 4 members (excludes halogenated alkanes) is 26. The van der Waals surface area contributed by atoms with E-state index in [9.17, 15) is 43.5 Å². The summed E-state index contributed by atoms with van der Waals surface area (Å²) < 4.78 is 61.0. The van der Waals surface area contributed by atoms with Crippen LogP contribution in [0.5, 0.6) is 0 Å². The number of aliphatic hydroxyl groups is 2. The first-order valence-electron chi connectivity index (χ1n) is 39.1. The predicted molar refractivity (Wildman–Crippen MR) is 417 cm³/mol. The van der Waals surface area contributed by atoms with E-state index in [-0.39, 0.29) is 19.3 Å². The Hall–Kier alpha value is -4.57. The number of rotatable bonds is 73. The Labute approximate surface area is 613 Å². The Morgan fingerprint density at radius 2 is 0.525 bits per heavy atom. The molecular formula is C83H140O16P2. The molecule has 0 aromatic carbocycles. The zero-order chi connectivity index (χ0) is 73.7. The smallest absolute Gasteiger partial charge is 0.463 e. The monoisotopic (exact) mass is 1450 g/mol. The van der Waals surface area contributed by atoms with Crippen LogP contribution in [-0.4, -0.2) is 95.9 Å². The second-order valence-corrected chi connectivity index (χ2v) is 28.7. The predicted octanol–water partition coefficient (Wildman–Crippen LogP) is 22.9. The summed E-state index contributed by atoms with van der Waals surface area (Å²) in [5.74, 6) is -1.64. The molecule has 4 N–H and O–H groups in total. The fourth-order valence-corrected chi connectivity index (χ4v) is 11.7. The van der Waals surface area contributed by atoms with Gasteiger partial charge in [-0.25, -0.2) is 9.13 Å². The van der Waals surface area contributed by atoms with Crippen LogP contribution in [0.1, 0.15) is 303 Å². The van der Waals surface area contributed by atoms with Gasteiger partial charge >= 0.3 is 33.6 Å². The zero-order valence-electron chi connectivity index (χ0n) is 63.0. The molecule has 0 spiro atoms. The Balaban J connectivity index is 4.49. The number of hydrogen-bond donors (Lipinski definition) is 4. The summed E-state index contributed by atoms with van der Waals surface area (Å²) in [7, 11) is -9.80. The lowest BCUT2D eigenvalue weighted by molar-refractivity contribution is -0.161. The molecule has 0 radical (unpaired) electrons. The van der Waals surface area contributed by atoms with Gasteiger partial charge in [-0.15, -0.1) is 0 Å². The molecule has 0 heterocycles. The summed E-state index contributed by atoms with van der Waals surface area (Å²) in [6.07, 6.45) is 92.0. The number of esters is 3. The fraction of sp³-hybridized carbons (Fsp3) is 0.675. The third-order valence-electron chi connectivity index (χ3n) is 16.0. The normalized spacial score (nSPS) is 14.8. The van der Waals surface area contributed by atoms with Gasteiger partial charge in [0.25, 0.3) is 0 Å². The number of carbonyl (C=O) groups is 3. The molecule has 578 valence electrons. The maximum atomic E-state index is 12.9. The van der Waals surface area contributed by atoms with Crippen LogP contribution in [0, 0.1) is 0 Å². The molecule has 0 aromatic rings. The third kappa shape index (κ3) is 76.4. The van der Waals surface area contributed by atoms with E-state index in [1.54, 1.807) is 0 Å². The summed E-state index contributed by atoms with van der Waals surface area (Å²) in [6, 6.07) is 0. The maximum Gasteiger partial charge on any atom is 0.472 e. The van der Waals surface area contributed by atoms with E-state index in [1.165, 1.54) is 103 Å². The largest absolute Gasteiger partial charge is 0.472 e. The number of carbonyl (C=O) groups excluding carboxylic acids is 3. The first-order chi connectivity index (χ1) is 49.2. The quantitative estimate of drug-likeness (QED) is 0.0146. The second-order valence-electron chi connectivity index (χ2n) is 25.7. The highest BCUT2D eigenvalue weighted by atomic mass is 31.2. The molecule has 0 bridgehead atoms. The fourth-order valence-electron chi connectivity index (χ4n) is 10.1. The van der Waals surface area contributed by atoms with Crippen molar-refractivity contribution in [1.29, 1.82) is 0 Å². The van der Waals surface area contributed by atoms with Crippen molar-refractivity contribution in [2.45, 2.75) is 322 Å². The molecule has 0 aliphatic rings. The first-order valence-corrected chi connectivity index (χ1v) is 42.1. The van der Waals surface area contributed by atoms with Gasteiger partial charge in [0.15, 0.2) is 6.10 Å². The van der Waals surface area contributed by atoms with Crippen molar-refractivity contribution in [2.24, 2.45) is 0 Å². The molecule has 0 saturated carbocycles. The van der Waals surface area contributed by atoms with Crippen molar-refractivity contribution in [1.82, 2.24) is 0 Å². The highest BCUT2D eigenvalue weighted by Crippen LogP contribution is 2.45. The van der Waals surface area contributed by atoms with Crippen LogP contribution in [0.3, 0.4) is 0 Å². The highest BCUT2D eigenvalue weighted by Gasteiger charge is 2.29.